The van der Waals surface area contributed by atoms with Crippen LogP contribution in [0.25, 0.3) is 5.65 Å². The van der Waals surface area contributed by atoms with Gasteiger partial charge in [0.05, 0.1) is 31.1 Å². The summed E-state index contributed by atoms with van der Waals surface area (Å²) in [4.78, 5) is 11.5. The predicted molar refractivity (Wildman–Crippen MR) is 109 cm³/mol. The molecule has 4 heterocycles. The van der Waals surface area contributed by atoms with Crippen LogP contribution >= 0.6 is 15.9 Å². The highest BCUT2D eigenvalue weighted by Gasteiger charge is 2.26. The Morgan fingerprint density at radius 3 is 2.81 bits per heavy atom. The van der Waals surface area contributed by atoms with E-state index in [1.807, 2.05) is 12.1 Å². The van der Waals surface area contributed by atoms with Crippen molar-refractivity contribution in [3.05, 3.63) is 52.7 Å². The monoisotopic (exact) mass is 427 g/mol. The number of hydrogen-bond acceptors (Lipinski definition) is 5. The van der Waals surface area contributed by atoms with Gasteiger partial charge in [-0.15, -0.1) is 0 Å². The summed E-state index contributed by atoms with van der Waals surface area (Å²) < 4.78 is 8.57. The lowest BCUT2D eigenvalue weighted by atomic mass is 10.1. The molecule has 1 aliphatic carbocycles. The molecular formula is C20H22BrN5O. The molecule has 1 aliphatic heterocycles. The van der Waals surface area contributed by atoms with Crippen LogP contribution in [0.5, 0.6) is 0 Å². The number of anilines is 2. The maximum Gasteiger partial charge on any atom is 0.160 e. The van der Waals surface area contributed by atoms with E-state index in [-0.39, 0.29) is 0 Å². The number of imidazole rings is 1. The van der Waals surface area contributed by atoms with Crippen molar-refractivity contribution >= 4 is 33.0 Å². The minimum absolute atomic E-state index is 0.680. The minimum atomic E-state index is 0.680. The van der Waals surface area contributed by atoms with E-state index in [2.05, 4.69) is 54.0 Å². The second kappa shape index (κ2) is 7.13. The number of nitrogens with zero attached hydrogens (tertiary/aromatic N) is 4. The number of halogens is 1. The summed E-state index contributed by atoms with van der Waals surface area (Å²) in [6.45, 7) is 4.10. The number of pyridine rings is 2. The van der Waals surface area contributed by atoms with Crippen LogP contribution in [0.15, 0.2) is 41.4 Å². The lowest BCUT2D eigenvalue weighted by Gasteiger charge is -2.29. The van der Waals surface area contributed by atoms with Crippen LogP contribution in [-0.2, 0) is 11.3 Å². The first-order valence-corrected chi connectivity index (χ1v) is 10.3. The Bertz CT molecular complexity index is 962. The van der Waals surface area contributed by atoms with Gasteiger partial charge < -0.3 is 19.4 Å². The molecule has 1 saturated heterocycles. The van der Waals surface area contributed by atoms with Gasteiger partial charge in [0.15, 0.2) is 5.65 Å². The van der Waals surface area contributed by atoms with Crippen molar-refractivity contribution in [1.82, 2.24) is 14.4 Å². The van der Waals surface area contributed by atoms with Crippen LogP contribution in [0.2, 0.25) is 0 Å². The molecule has 27 heavy (non-hydrogen) atoms. The van der Waals surface area contributed by atoms with E-state index in [0.29, 0.717) is 12.5 Å². The van der Waals surface area contributed by atoms with Gasteiger partial charge in [-0.2, -0.15) is 0 Å². The number of hydrogen-bond donors (Lipinski definition) is 1. The largest absolute Gasteiger partial charge is 0.379 e. The van der Waals surface area contributed by atoms with Crippen molar-refractivity contribution in [3.8, 4) is 0 Å². The third-order valence-electron chi connectivity index (χ3n) is 5.20. The summed E-state index contributed by atoms with van der Waals surface area (Å²) in [7, 11) is 0. The normalized spacial score (nSPS) is 17.4. The topological polar surface area (TPSA) is 54.7 Å². The third-order valence-corrected chi connectivity index (χ3v) is 5.64. The maximum atomic E-state index is 5.54. The molecule has 0 amide bonds. The Morgan fingerprint density at radius 1 is 1.19 bits per heavy atom. The molecule has 0 atom stereocenters. The standard InChI is InChI=1S/C20H22BrN5O/c21-19-10-16(3-4-22-19)23-11-17-13-26-12-15(14-1-2-14)9-18(20(26)24-17)25-5-7-27-8-6-25/h3-4,9-10,12-14H,1-2,5-8,11H2,(H,22,23). The Balaban J connectivity index is 1.46. The molecular weight excluding hydrogens is 406 g/mol. The highest BCUT2D eigenvalue weighted by atomic mass is 79.9. The molecule has 0 aromatic carbocycles. The van der Waals surface area contributed by atoms with E-state index in [9.17, 15) is 0 Å². The second-order valence-corrected chi connectivity index (χ2v) is 8.03. The fourth-order valence-electron chi connectivity index (χ4n) is 3.62. The van der Waals surface area contributed by atoms with Crippen LogP contribution in [0.4, 0.5) is 11.4 Å². The molecule has 1 N–H and O–H groups in total. The van der Waals surface area contributed by atoms with E-state index in [0.717, 1.165) is 47.9 Å². The molecule has 0 unspecified atom stereocenters. The molecule has 7 heteroatoms. The Morgan fingerprint density at radius 2 is 2.04 bits per heavy atom. The van der Waals surface area contributed by atoms with Crippen molar-refractivity contribution in [3.63, 3.8) is 0 Å². The number of aromatic nitrogens is 3. The smallest absolute Gasteiger partial charge is 0.160 e. The molecule has 5 rings (SSSR count). The average molecular weight is 428 g/mol. The molecule has 0 radical (unpaired) electrons. The van der Waals surface area contributed by atoms with Crippen LogP contribution in [-0.4, -0.2) is 40.7 Å². The van der Waals surface area contributed by atoms with E-state index in [1.54, 1.807) is 6.20 Å². The van der Waals surface area contributed by atoms with Crippen LogP contribution in [0.3, 0.4) is 0 Å². The van der Waals surface area contributed by atoms with Crippen molar-refractivity contribution < 1.29 is 4.74 Å². The molecule has 0 bridgehead atoms. The Labute approximate surface area is 166 Å². The van der Waals surface area contributed by atoms with Gasteiger partial charge in [0.1, 0.15) is 4.60 Å². The number of nitrogens with one attached hydrogen (secondary N) is 1. The van der Waals surface area contributed by atoms with Gasteiger partial charge in [-0.05, 0) is 58.5 Å². The lowest BCUT2D eigenvalue weighted by molar-refractivity contribution is 0.123. The lowest BCUT2D eigenvalue weighted by Crippen LogP contribution is -2.36. The summed E-state index contributed by atoms with van der Waals surface area (Å²) in [5.41, 5.74) is 5.76. The maximum absolute atomic E-state index is 5.54. The van der Waals surface area contributed by atoms with Crippen LogP contribution in [0.1, 0.15) is 30.0 Å². The molecule has 3 aromatic heterocycles. The molecule has 0 spiro atoms. The number of fused-ring (bicyclic) bond motifs is 1. The first kappa shape index (κ1) is 17.0. The van der Waals surface area contributed by atoms with Crippen molar-refractivity contribution in [1.29, 1.82) is 0 Å². The van der Waals surface area contributed by atoms with Gasteiger partial charge in [-0.1, -0.05) is 0 Å². The zero-order valence-electron chi connectivity index (χ0n) is 15.1. The zero-order chi connectivity index (χ0) is 18.2. The van der Waals surface area contributed by atoms with Gasteiger partial charge in [-0.25, -0.2) is 9.97 Å². The molecule has 2 aliphatic rings. The van der Waals surface area contributed by atoms with E-state index in [1.165, 1.54) is 24.1 Å². The van der Waals surface area contributed by atoms with Crippen LogP contribution in [0, 0.1) is 0 Å². The van der Waals surface area contributed by atoms with E-state index in [4.69, 9.17) is 9.72 Å². The number of rotatable bonds is 5. The SMILES string of the molecule is Brc1cc(NCc2cn3cc(C4CC4)cc(N4CCOCC4)c3n2)ccn1. The van der Waals surface area contributed by atoms with Gasteiger partial charge in [-0.3, -0.25) is 0 Å². The summed E-state index contributed by atoms with van der Waals surface area (Å²) in [5, 5.41) is 3.43. The fourth-order valence-corrected chi connectivity index (χ4v) is 3.98. The summed E-state index contributed by atoms with van der Waals surface area (Å²) in [5.74, 6) is 0.715. The van der Waals surface area contributed by atoms with Crippen molar-refractivity contribution in [2.45, 2.75) is 25.3 Å². The van der Waals surface area contributed by atoms with Gasteiger partial charge >= 0.3 is 0 Å². The summed E-state index contributed by atoms with van der Waals surface area (Å²) in [6, 6.07) is 6.29. The fraction of sp³-hybridized carbons (Fsp3) is 0.400. The molecule has 6 nitrogen and oxygen atoms in total. The van der Waals surface area contributed by atoms with Gasteiger partial charge in [0.25, 0.3) is 0 Å². The quantitative estimate of drug-likeness (QED) is 0.627. The first-order valence-electron chi connectivity index (χ1n) is 9.46. The highest BCUT2D eigenvalue weighted by Crippen LogP contribution is 2.41. The average Bonchev–Trinajstić information content (AvgIpc) is 3.46. The molecule has 1 saturated carbocycles. The Hall–Kier alpha value is -2.12. The molecule has 3 aromatic rings. The van der Waals surface area contributed by atoms with Crippen molar-refractivity contribution in [2.24, 2.45) is 0 Å². The zero-order valence-corrected chi connectivity index (χ0v) is 16.7. The predicted octanol–water partition coefficient (Wildman–Crippen LogP) is 3.82. The number of ether oxygens (including phenoxy) is 1. The van der Waals surface area contributed by atoms with Crippen molar-refractivity contribution in [2.75, 3.05) is 36.5 Å². The number of morpholine rings is 1. The minimum Gasteiger partial charge on any atom is -0.379 e. The summed E-state index contributed by atoms with van der Waals surface area (Å²) in [6.07, 6.45) is 8.79. The van der Waals surface area contributed by atoms with Crippen LogP contribution < -0.4 is 10.2 Å². The van der Waals surface area contributed by atoms with E-state index >= 15 is 0 Å². The van der Waals surface area contributed by atoms with Gasteiger partial charge in [0, 0.05) is 37.4 Å². The van der Waals surface area contributed by atoms with Gasteiger partial charge in [0.2, 0.25) is 0 Å². The summed E-state index contributed by atoms with van der Waals surface area (Å²) >= 11 is 3.41. The van der Waals surface area contributed by atoms with E-state index < -0.39 is 0 Å². The highest BCUT2D eigenvalue weighted by molar-refractivity contribution is 9.10. The molecule has 140 valence electrons. The first-order chi connectivity index (χ1) is 13.3. The second-order valence-electron chi connectivity index (χ2n) is 7.22. The third kappa shape index (κ3) is 3.66. The Kier molecular flexibility index (Phi) is 4.49. The molecule has 2 fully saturated rings.